The third kappa shape index (κ3) is 2.95. The van der Waals surface area contributed by atoms with Crippen LogP contribution in [0.1, 0.15) is 12.5 Å². The van der Waals surface area contributed by atoms with Gasteiger partial charge in [-0.3, -0.25) is 4.90 Å². The molecule has 1 aliphatic rings. The van der Waals surface area contributed by atoms with Crippen LogP contribution < -0.4 is 4.90 Å². The van der Waals surface area contributed by atoms with Crippen molar-refractivity contribution in [3.05, 3.63) is 23.9 Å². The van der Waals surface area contributed by atoms with E-state index in [1.807, 2.05) is 0 Å². The molecule has 0 saturated carbocycles. The summed E-state index contributed by atoms with van der Waals surface area (Å²) < 4.78 is 42.8. The van der Waals surface area contributed by atoms with Crippen LogP contribution in [0, 0.1) is 0 Å². The van der Waals surface area contributed by atoms with Crippen LogP contribution in [0.15, 0.2) is 18.3 Å². The van der Waals surface area contributed by atoms with E-state index in [4.69, 9.17) is 4.74 Å². The predicted octanol–water partition coefficient (Wildman–Crippen LogP) is 0.809. The van der Waals surface area contributed by atoms with Gasteiger partial charge in [0.15, 0.2) is 18.8 Å². The Bertz CT molecular complexity index is 483. The number of anilines is 1. The first-order chi connectivity index (χ1) is 9.77. The molecule has 1 saturated heterocycles. The second-order valence-electron chi connectivity index (χ2n) is 4.58. The van der Waals surface area contributed by atoms with Crippen molar-refractivity contribution in [2.24, 2.45) is 0 Å². The topological polar surface area (TPSA) is 69.1 Å². The Labute approximate surface area is 119 Å². The van der Waals surface area contributed by atoms with Gasteiger partial charge in [-0.25, -0.2) is 9.88 Å². The number of ether oxygens (including phenoxy) is 1. The average Bonchev–Trinajstić information content (AvgIpc) is 2.62. The molecular formula is C12H16F3N3O3. The standard InChI is InChI=1S/C12H16F3N3O3/c1-3-21-10-9(19)18(11(20)17(10)2)8-5-4-7(6-16-8)12(13,14)15/h4-6,9-11,19-20H,3H2,1-2H3. The Morgan fingerprint density at radius 3 is 2.48 bits per heavy atom. The van der Waals surface area contributed by atoms with E-state index < -0.39 is 30.5 Å². The number of aliphatic hydroxyl groups is 2. The van der Waals surface area contributed by atoms with Crippen molar-refractivity contribution in [3.8, 4) is 0 Å². The molecule has 1 aliphatic heterocycles. The van der Waals surface area contributed by atoms with E-state index in [1.54, 1.807) is 6.92 Å². The number of aliphatic hydroxyl groups excluding tert-OH is 2. The van der Waals surface area contributed by atoms with Crippen LogP contribution in [0.2, 0.25) is 0 Å². The molecule has 3 unspecified atom stereocenters. The second-order valence-corrected chi connectivity index (χ2v) is 4.58. The molecule has 0 spiro atoms. The largest absolute Gasteiger partial charge is 0.417 e. The maximum absolute atomic E-state index is 12.5. The van der Waals surface area contributed by atoms with E-state index in [2.05, 4.69) is 4.98 Å². The van der Waals surface area contributed by atoms with Crippen LogP contribution in [-0.2, 0) is 10.9 Å². The van der Waals surface area contributed by atoms with E-state index in [0.29, 0.717) is 12.8 Å². The van der Waals surface area contributed by atoms with Crippen LogP contribution in [0.5, 0.6) is 0 Å². The van der Waals surface area contributed by atoms with Gasteiger partial charge in [-0.05, 0) is 26.1 Å². The molecule has 21 heavy (non-hydrogen) atoms. The fourth-order valence-electron chi connectivity index (χ4n) is 2.15. The lowest BCUT2D eigenvalue weighted by atomic mass is 10.2. The third-order valence-corrected chi connectivity index (χ3v) is 3.23. The van der Waals surface area contributed by atoms with Gasteiger partial charge in [0.05, 0.1) is 5.56 Å². The average molecular weight is 307 g/mol. The SMILES string of the molecule is CCOC1C(O)N(c2ccc(C(F)(F)F)cn2)C(O)N1C. The van der Waals surface area contributed by atoms with Gasteiger partial charge in [-0.1, -0.05) is 0 Å². The van der Waals surface area contributed by atoms with E-state index in [-0.39, 0.29) is 5.82 Å². The summed E-state index contributed by atoms with van der Waals surface area (Å²) in [4.78, 5) is 6.10. The lowest BCUT2D eigenvalue weighted by molar-refractivity contribution is -0.137. The number of aromatic nitrogens is 1. The summed E-state index contributed by atoms with van der Waals surface area (Å²) in [5, 5.41) is 20.2. The Morgan fingerprint density at radius 1 is 1.33 bits per heavy atom. The molecule has 1 aromatic rings. The summed E-state index contributed by atoms with van der Waals surface area (Å²) in [5.41, 5.74) is -0.899. The second kappa shape index (κ2) is 5.76. The highest BCUT2D eigenvalue weighted by molar-refractivity contribution is 5.42. The summed E-state index contributed by atoms with van der Waals surface area (Å²) in [7, 11) is 1.53. The minimum Gasteiger partial charge on any atom is -0.369 e. The fraction of sp³-hybridized carbons (Fsp3) is 0.583. The predicted molar refractivity (Wildman–Crippen MR) is 66.9 cm³/mol. The van der Waals surface area contributed by atoms with E-state index in [0.717, 1.165) is 17.0 Å². The molecule has 0 amide bonds. The molecule has 1 aromatic heterocycles. The lowest BCUT2D eigenvalue weighted by Gasteiger charge is -2.25. The number of hydrogen-bond acceptors (Lipinski definition) is 6. The van der Waals surface area contributed by atoms with Crippen molar-refractivity contribution in [3.63, 3.8) is 0 Å². The molecule has 2 rings (SSSR count). The first-order valence-electron chi connectivity index (χ1n) is 6.28. The molecule has 2 N–H and O–H groups in total. The van der Waals surface area contributed by atoms with Crippen molar-refractivity contribution in [2.45, 2.75) is 31.9 Å². The molecule has 3 atom stereocenters. The van der Waals surface area contributed by atoms with Crippen molar-refractivity contribution >= 4 is 5.82 Å². The third-order valence-electron chi connectivity index (χ3n) is 3.23. The molecule has 1 fully saturated rings. The van der Waals surface area contributed by atoms with Crippen molar-refractivity contribution in [1.82, 2.24) is 9.88 Å². The molecule has 0 radical (unpaired) electrons. The number of rotatable bonds is 3. The molecule has 118 valence electrons. The maximum atomic E-state index is 12.5. The summed E-state index contributed by atoms with van der Waals surface area (Å²) >= 11 is 0. The van der Waals surface area contributed by atoms with Gasteiger partial charge < -0.3 is 14.9 Å². The zero-order chi connectivity index (χ0) is 15.8. The van der Waals surface area contributed by atoms with Gasteiger partial charge in [0, 0.05) is 12.8 Å². The minimum atomic E-state index is -4.49. The Balaban J connectivity index is 2.25. The maximum Gasteiger partial charge on any atom is 0.417 e. The molecule has 0 aliphatic carbocycles. The zero-order valence-electron chi connectivity index (χ0n) is 11.4. The highest BCUT2D eigenvalue weighted by Gasteiger charge is 2.45. The summed E-state index contributed by atoms with van der Waals surface area (Å²) in [6, 6.07) is 1.94. The molecule has 2 heterocycles. The summed E-state index contributed by atoms with van der Waals surface area (Å²) in [6.07, 6.45) is -7.12. The van der Waals surface area contributed by atoms with Gasteiger partial charge >= 0.3 is 6.18 Å². The molecule has 0 bridgehead atoms. The molecular weight excluding hydrogens is 291 g/mol. The van der Waals surface area contributed by atoms with Crippen LogP contribution in [0.4, 0.5) is 19.0 Å². The van der Waals surface area contributed by atoms with Gasteiger partial charge in [0.1, 0.15) is 5.82 Å². The Morgan fingerprint density at radius 2 is 2.00 bits per heavy atom. The van der Waals surface area contributed by atoms with Crippen molar-refractivity contribution in [2.75, 3.05) is 18.6 Å². The Hall–Kier alpha value is -1.42. The van der Waals surface area contributed by atoms with Crippen LogP contribution in [-0.4, -0.2) is 52.6 Å². The summed E-state index contributed by atoms with van der Waals surface area (Å²) in [5.74, 6) is 0.0250. The monoisotopic (exact) mass is 307 g/mol. The fourth-order valence-corrected chi connectivity index (χ4v) is 2.15. The first-order valence-corrected chi connectivity index (χ1v) is 6.28. The number of pyridine rings is 1. The van der Waals surface area contributed by atoms with Crippen LogP contribution in [0.3, 0.4) is 0 Å². The zero-order valence-corrected chi connectivity index (χ0v) is 11.4. The normalized spacial score (nSPS) is 27.4. The highest BCUT2D eigenvalue weighted by Crippen LogP contribution is 2.32. The van der Waals surface area contributed by atoms with Gasteiger partial charge in [0.25, 0.3) is 0 Å². The van der Waals surface area contributed by atoms with Crippen LogP contribution >= 0.6 is 0 Å². The molecule has 0 aromatic carbocycles. The van der Waals surface area contributed by atoms with E-state index in [1.165, 1.54) is 11.9 Å². The lowest BCUT2D eigenvalue weighted by Crippen LogP contribution is -2.40. The number of nitrogens with zero attached hydrogens (tertiary/aromatic N) is 3. The smallest absolute Gasteiger partial charge is 0.369 e. The number of halogens is 3. The first kappa shape index (κ1) is 16.0. The van der Waals surface area contributed by atoms with Gasteiger partial charge in [-0.15, -0.1) is 0 Å². The molecule has 6 nitrogen and oxygen atoms in total. The number of hydrogen-bond donors (Lipinski definition) is 2. The number of alkyl halides is 3. The van der Waals surface area contributed by atoms with E-state index >= 15 is 0 Å². The summed E-state index contributed by atoms with van der Waals surface area (Å²) in [6.45, 7) is 2.04. The van der Waals surface area contributed by atoms with Gasteiger partial charge in [-0.2, -0.15) is 13.2 Å². The van der Waals surface area contributed by atoms with Crippen LogP contribution in [0.25, 0.3) is 0 Å². The van der Waals surface area contributed by atoms with Gasteiger partial charge in [0.2, 0.25) is 0 Å². The Kier molecular flexibility index (Phi) is 4.38. The number of likely N-dealkylation sites (N-methyl/N-ethyl adjacent to an activating group) is 1. The van der Waals surface area contributed by atoms with E-state index in [9.17, 15) is 23.4 Å². The molecule has 9 heteroatoms. The van der Waals surface area contributed by atoms with Crippen molar-refractivity contribution < 1.29 is 28.1 Å². The quantitative estimate of drug-likeness (QED) is 0.861. The van der Waals surface area contributed by atoms with Crippen molar-refractivity contribution in [1.29, 1.82) is 0 Å². The highest BCUT2D eigenvalue weighted by atomic mass is 19.4. The minimum absolute atomic E-state index is 0.0250.